The molecule has 0 spiro atoms. The number of halogens is 1. The lowest BCUT2D eigenvalue weighted by atomic mass is 10.1. The summed E-state index contributed by atoms with van der Waals surface area (Å²) in [5, 5.41) is 0. The highest BCUT2D eigenvalue weighted by atomic mass is 79.9. The summed E-state index contributed by atoms with van der Waals surface area (Å²) in [4.78, 5) is 7.91. The molecule has 0 amide bonds. The monoisotopic (exact) mass is 258 g/mol. The second kappa shape index (κ2) is 5.96. The van der Waals surface area contributed by atoms with Crippen LogP contribution in [0.1, 0.15) is 26.7 Å². The Balaban J connectivity index is 2.25. The van der Waals surface area contributed by atoms with Crippen LogP contribution in [0.4, 0.5) is 0 Å². The van der Waals surface area contributed by atoms with Gasteiger partial charge in [0.1, 0.15) is 10.9 Å². The van der Waals surface area contributed by atoms with E-state index in [9.17, 15) is 0 Å². The third-order valence-electron chi connectivity index (χ3n) is 1.78. The van der Waals surface area contributed by atoms with Crippen molar-refractivity contribution < 1.29 is 4.74 Å². The summed E-state index contributed by atoms with van der Waals surface area (Å²) in [6.45, 7) is 5.14. The first-order chi connectivity index (χ1) is 6.68. The fourth-order valence-corrected chi connectivity index (χ4v) is 1.35. The van der Waals surface area contributed by atoms with E-state index in [2.05, 4.69) is 39.7 Å². The Labute approximate surface area is 93.0 Å². The third kappa shape index (κ3) is 4.56. The molecule has 3 nitrogen and oxygen atoms in total. The van der Waals surface area contributed by atoms with Crippen molar-refractivity contribution >= 4 is 15.9 Å². The van der Waals surface area contributed by atoms with Gasteiger partial charge in [0.15, 0.2) is 0 Å². The van der Waals surface area contributed by atoms with Crippen LogP contribution in [0.2, 0.25) is 0 Å². The minimum atomic E-state index is 0.635. The Kier molecular flexibility index (Phi) is 4.87. The summed E-state index contributed by atoms with van der Waals surface area (Å²) in [6.07, 6.45) is 3.74. The minimum absolute atomic E-state index is 0.635. The number of ether oxygens (including phenoxy) is 1. The Morgan fingerprint density at radius 1 is 1.43 bits per heavy atom. The molecule has 0 radical (unpaired) electrons. The van der Waals surface area contributed by atoms with E-state index < -0.39 is 0 Å². The fourth-order valence-electron chi connectivity index (χ4n) is 1.06. The molecule has 14 heavy (non-hydrogen) atoms. The molecule has 0 N–H and O–H groups in total. The van der Waals surface area contributed by atoms with Crippen LogP contribution in [0, 0.1) is 5.92 Å². The maximum Gasteiger partial charge on any atom is 0.217 e. The summed E-state index contributed by atoms with van der Waals surface area (Å²) in [5.41, 5.74) is 0. The molecular weight excluding hydrogens is 244 g/mol. The summed E-state index contributed by atoms with van der Waals surface area (Å²) in [6, 6.07) is 1.77. The van der Waals surface area contributed by atoms with E-state index in [1.165, 1.54) is 12.7 Å². The van der Waals surface area contributed by atoms with Crippen LogP contribution in [0.5, 0.6) is 5.88 Å². The van der Waals surface area contributed by atoms with Crippen molar-refractivity contribution in [3.63, 3.8) is 0 Å². The molecule has 1 aromatic heterocycles. The van der Waals surface area contributed by atoms with Crippen LogP contribution in [-0.4, -0.2) is 16.6 Å². The number of rotatable bonds is 5. The molecule has 0 aliphatic heterocycles. The standard InChI is InChI=1S/C10H15BrN2O/c1-8(2)4-3-5-14-10-6-9(11)12-7-13-10/h6-8H,3-5H2,1-2H3. The van der Waals surface area contributed by atoms with E-state index in [0.717, 1.165) is 23.5 Å². The van der Waals surface area contributed by atoms with Crippen LogP contribution in [0.15, 0.2) is 17.0 Å². The molecule has 0 unspecified atom stereocenters. The zero-order valence-corrected chi connectivity index (χ0v) is 10.1. The van der Waals surface area contributed by atoms with Crippen molar-refractivity contribution in [2.24, 2.45) is 5.92 Å². The highest BCUT2D eigenvalue weighted by Gasteiger charge is 1.98. The second-order valence-electron chi connectivity index (χ2n) is 3.56. The molecule has 78 valence electrons. The van der Waals surface area contributed by atoms with Gasteiger partial charge in [-0.1, -0.05) is 13.8 Å². The zero-order chi connectivity index (χ0) is 10.4. The molecule has 1 aromatic rings. The van der Waals surface area contributed by atoms with Gasteiger partial charge in [-0.2, -0.15) is 0 Å². The fraction of sp³-hybridized carbons (Fsp3) is 0.600. The Hall–Kier alpha value is -0.640. The van der Waals surface area contributed by atoms with Gasteiger partial charge >= 0.3 is 0 Å². The Morgan fingerprint density at radius 2 is 2.21 bits per heavy atom. The lowest BCUT2D eigenvalue weighted by Gasteiger charge is -2.06. The van der Waals surface area contributed by atoms with Gasteiger partial charge in [-0.05, 0) is 34.7 Å². The highest BCUT2D eigenvalue weighted by molar-refractivity contribution is 9.10. The quantitative estimate of drug-likeness (QED) is 0.602. The SMILES string of the molecule is CC(C)CCCOc1cc(Br)ncn1. The molecule has 0 atom stereocenters. The van der Waals surface area contributed by atoms with Gasteiger partial charge in [0.05, 0.1) is 6.61 Å². The number of hydrogen-bond acceptors (Lipinski definition) is 3. The lowest BCUT2D eigenvalue weighted by Crippen LogP contribution is -2.01. The van der Waals surface area contributed by atoms with Crippen molar-refractivity contribution in [2.45, 2.75) is 26.7 Å². The summed E-state index contributed by atoms with van der Waals surface area (Å²) in [5.74, 6) is 1.37. The Morgan fingerprint density at radius 3 is 2.86 bits per heavy atom. The van der Waals surface area contributed by atoms with Crippen molar-refractivity contribution in [1.29, 1.82) is 0 Å². The van der Waals surface area contributed by atoms with Gasteiger partial charge in [0.25, 0.3) is 0 Å². The molecule has 0 fully saturated rings. The predicted octanol–water partition coefficient (Wildman–Crippen LogP) is 3.05. The van der Waals surface area contributed by atoms with Crippen LogP contribution >= 0.6 is 15.9 Å². The number of nitrogens with zero attached hydrogens (tertiary/aromatic N) is 2. The van der Waals surface area contributed by atoms with E-state index in [0.29, 0.717) is 5.88 Å². The van der Waals surface area contributed by atoms with E-state index in [-0.39, 0.29) is 0 Å². The molecule has 0 aromatic carbocycles. The summed E-state index contributed by atoms with van der Waals surface area (Å²) in [7, 11) is 0. The van der Waals surface area contributed by atoms with Crippen LogP contribution in [-0.2, 0) is 0 Å². The van der Waals surface area contributed by atoms with Crippen LogP contribution < -0.4 is 4.74 Å². The predicted molar refractivity (Wildman–Crippen MR) is 59.3 cm³/mol. The van der Waals surface area contributed by atoms with Gasteiger partial charge in [0, 0.05) is 6.07 Å². The minimum Gasteiger partial charge on any atom is -0.478 e. The first kappa shape index (κ1) is 11.4. The molecule has 1 heterocycles. The molecule has 0 bridgehead atoms. The summed E-state index contributed by atoms with van der Waals surface area (Å²) < 4.78 is 6.21. The topological polar surface area (TPSA) is 35.0 Å². The van der Waals surface area contributed by atoms with Crippen molar-refractivity contribution in [3.05, 3.63) is 17.0 Å². The smallest absolute Gasteiger partial charge is 0.217 e. The highest BCUT2D eigenvalue weighted by Crippen LogP contribution is 2.12. The molecule has 0 saturated carbocycles. The van der Waals surface area contributed by atoms with Gasteiger partial charge in [-0.3, -0.25) is 0 Å². The van der Waals surface area contributed by atoms with Gasteiger partial charge in [-0.25, -0.2) is 9.97 Å². The average Bonchev–Trinajstić information content (AvgIpc) is 2.12. The van der Waals surface area contributed by atoms with E-state index in [4.69, 9.17) is 4.74 Å². The normalized spacial score (nSPS) is 10.6. The molecule has 0 aliphatic rings. The molecule has 0 saturated heterocycles. The van der Waals surface area contributed by atoms with Gasteiger partial charge < -0.3 is 4.74 Å². The largest absolute Gasteiger partial charge is 0.478 e. The zero-order valence-electron chi connectivity index (χ0n) is 8.53. The average molecular weight is 259 g/mol. The van der Waals surface area contributed by atoms with Crippen LogP contribution in [0.25, 0.3) is 0 Å². The van der Waals surface area contributed by atoms with E-state index in [1.54, 1.807) is 6.07 Å². The maximum absolute atomic E-state index is 5.46. The molecule has 0 aliphatic carbocycles. The first-order valence-corrected chi connectivity index (χ1v) is 5.58. The van der Waals surface area contributed by atoms with Gasteiger partial charge in [0.2, 0.25) is 5.88 Å². The third-order valence-corrected chi connectivity index (χ3v) is 2.22. The van der Waals surface area contributed by atoms with Crippen molar-refractivity contribution in [3.8, 4) is 5.88 Å². The molecule has 4 heteroatoms. The van der Waals surface area contributed by atoms with Crippen molar-refractivity contribution in [1.82, 2.24) is 9.97 Å². The lowest BCUT2D eigenvalue weighted by molar-refractivity contribution is 0.286. The van der Waals surface area contributed by atoms with Crippen molar-refractivity contribution in [2.75, 3.05) is 6.61 Å². The van der Waals surface area contributed by atoms with E-state index >= 15 is 0 Å². The summed E-state index contributed by atoms with van der Waals surface area (Å²) >= 11 is 3.26. The molecule has 1 rings (SSSR count). The number of aromatic nitrogens is 2. The second-order valence-corrected chi connectivity index (χ2v) is 4.38. The first-order valence-electron chi connectivity index (χ1n) is 4.79. The van der Waals surface area contributed by atoms with Gasteiger partial charge in [-0.15, -0.1) is 0 Å². The number of hydrogen-bond donors (Lipinski definition) is 0. The van der Waals surface area contributed by atoms with Crippen LogP contribution in [0.3, 0.4) is 0 Å². The van der Waals surface area contributed by atoms with E-state index in [1.807, 2.05) is 0 Å². The Bertz CT molecular complexity index is 279. The maximum atomic E-state index is 5.46. The molecular formula is C10H15BrN2O.